The second-order valence-corrected chi connectivity index (χ2v) is 3.87. The Morgan fingerprint density at radius 3 is 2.69 bits per heavy atom. The van der Waals surface area contributed by atoms with Crippen LogP contribution in [-0.2, 0) is 4.74 Å². The molecule has 0 saturated carbocycles. The number of hydrogen-bond donors (Lipinski definition) is 0. The van der Waals surface area contributed by atoms with E-state index >= 15 is 0 Å². The number of hydrogen-bond acceptors (Lipinski definition) is 5. The van der Waals surface area contributed by atoms with Crippen LogP contribution < -0.4 is 0 Å². The van der Waals surface area contributed by atoms with Crippen LogP contribution in [-0.4, -0.2) is 18.0 Å². The third-order valence-corrected chi connectivity index (χ3v) is 2.65. The summed E-state index contributed by atoms with van der Waals surface area (Å²) in [6.45, 7) is 0. The van der Waals surface area contributed by atoms with Gasteiger partial charge in [-0.15, -0.1) is 0 Å². The van der Waals surface area contributed by atoms with Gasteiger partial charge in [0.25, 0.3) is 5.69 Å². The van der Waals surface area contributed by atoms with Crippen molar-refractivity contribution < 1.29 is 14.5 Å². The first-order valence-electron chi connectivity index (χ1n) is 3.97. The van der Waals surface area contributed by atoms with E-state index in [1.807, 2.05) is 0 Å². The molecule has 16 heavy (non-hydrogen) atoms. The summed E-state index contributed by atoms with van der Waals surface area (Å²) in [6, 6.07) is 4.14. The van der Waals surface area contributed by atoms with E-state index in [-0.39, 0.29) is 11.1 Å². The Morgan fingerprint density at radius 1 is 1.62 bits per heavy atom. The van der Waals surface area contributed by atoms with Crippen LogP contribution in [0.15, 0.2) is 12.1 Å². The van der Waals surface area contributed by atoms with Gasteiger partial charge in [0, 0.05) is 9.64 Å². The molecule has 0 heterocycles. The molecule has 82 valence electrons. The molecular formula is C9H5IN2O4. The lowest BCUT2D eigenvalue weighted by atomic mass is 10.1. The molecule has 0 radical (unpaired) electrons. The lowest BCUT2D eigenvalue weighted by molar-refractivity contribution is -0.385. The number of carbonyl (C=O) groups is 1. The fourth-order valence-electron chi connectivity index (χ4n) is 1.08. The molecule has 0 unspecified atom stereocenters. The highest BCUT2D eigenvalue weighted by molar-refractivity contribution is 14.1. The molecule has 0 amide bonds. The molecule has 0 aliphatic carbocycles. The second kappa shape index (κ2) is 4.89. The highest BCUT2D eigenvalue weighted by Crippen LogP contribution is 2.25. The van der Waals surface area contributed by atoms with Crippen molar-refractivity contribution in [2.24, 2.45) is 0 Å². The summed E-state index contributed by atoms with van der Waals surface area (Å²) in [5.74, 6) is -0.675. The molecule has 6 nitrogen and oxygen atoms in total. The maximum Gasteiger partial charge on any atom is 0.338 e. The van der Waals surface area contributed by atoms with E-state index in [1.54, 1.807) is 28.7 Å². The number of nitro benzene ring substituents is 1. The number of halogens is 1. The average molecular weight is 332 g/mol. The first kappa shape index (κ1) is 12.4. The van der Waals surface area contributed by atoms with Gasteiger partial charge in [-0.1, -0.05) is 0 Å². The highest BCUT2D eigenvalue weighted by Gasteiger charge is 2.21. The van der Waals surface area contributed by atoms with Crippen molar-refractivity contribution in [3.8, 4) is 6.07 Å². The van der Waals surface area contributed by atoms with Crippen molar-refractivity contribution in [3.63, 3.8) is 0 Å². The molecule has 0 saturated heterocycles. The van der Waals surface area contributed by atoms with E-state index in [0.717, 1.165) is 6.07 Å². The maximum absolute atomic E-state index is 11.2. The van der Waals surface area contributed by atoms with Gasteiger partial charge < -0.3 is 4.74 Å². The van der Waals surface area contributed by atoms with Gasteiger partial charge in [-0.3, -0.25) is 10.1 Å². The van der Waals surface area contributed by atoms with Crippen molar-refractivity contribution in [1.29, 1.82) is 5.26 Å². The Kier molecular flexibility index (Phi) is 3.78. The number of benzene rings is 1. The van der Waals surface area contributed by atoms with Crippen molar-refractivity contribution in [2.75, 3.05) is 7.11 Å². The monoisotopic (exact) mass is 332 g/mol. The smallest absolute Gasteiger partial charge is 0.338 e. The number of methoxy groups -OCH3 is 1. The zero-order chi connectivity index (χ0) is 12.3. The van der Waals surface area contributed by atoms with Gasteiger partial charge in [-0.25, -0.2) is 4.79 Å². The molecule has 0 bridgehead atoms. The maximum atomic E-state index is 11.2. The zero-order valence-corrected chi connectivity index (χ0v) is 10.2. The van der Waals surface area contributed by atoms with Crippen molar-refractivity contribution in [1.82, 2.24) is 0 Å². The van der Waals surface area contributed by atoms with E-state index in [1.165, 1.54) is 13.2 Å². The van der Waals surface area contributed by atoms with Crippen molar-refractivity contribution >= 4 is 34.2 Å². The van der Waals surface area contributed by atoms with E-state index in [2.05, 4.69) is 4.74 Å². The number of ether oxygens (including phenoxy) is 1. The van der Waals surface area contributed by atoms with Gasteiger partial charge in [0.15, 0.2) is 0 Å². The minimum absolute atomic E-state index is 0.0533. The summed E-state index contributed by atoms with van der Waals surface area (Å²) < 4.78 is 4.79. The topological polar surface area (TPSA) is 93.2 Å². The summed E-state index contributed by atoms with van der Waals surface area (Å²) in [5, 5.41) is 19.5. The number of carbonyl (C=O) groups excluding carboxylic acids is 1. The predicted molar refractivity (Wildman–Crippen MR) is 61.9 cm³/mol. The van der Waals surface area contributed by atoms with Crippen LogP contribution in [0.25, 0.3) is 0 Å². The Labute approximate surface area is 104 Å². The van der Waals surface area contributed by atoms with E-state index < -0.39 is 16.6 Å². The number of esters is 1. The van der Waals surface area contributed by atoms with E-state index in [0.29, 0.717) is 3.57 Å². The van der Waals surface area contributed by atoms with Crippen LogP contribution in [0.5, 0.6) is 0 Å². The Morgan fingerprint density at radius 2 is 2.25 bits per heavy atom. The van der Waals surface area contributed by atoms with Crippen molar-refractivity contribution in [3.05, 3.63) is 36.9 Å². The number of nitriles is 1. The van der Waals surface area contributed by atoms with E-state index in [9.17, 15) is 14.9 Å². The second-order valence-electron chi connectivity index (χ2n) is 2.71. The molecule has 1 aromatic carbocycles. The first-order valence-corrected chi connectivity index (χ1v) is 5.05. The summed E-state index contributed by atoms with van der Waals surface area (Å²) in [7, 11) is 1.18. The molecule has 0 aliphatic heterocycles. The molecule has 0 spiro atoms. The molecule has 0 N–H and O–H groups in total. The standard InChI is InChI=1S/C9H5IN2O4/c1-16-9(13)5-2-7(10)6(4-11)8(3-5)12(14)15/h2-3H,1H3. The average Bonchev–Trinajstić information content (AvgIpc) is 2.26. The van der Waals surface area contributed by atoms with Crippen LogP contribution >= 0.6 is 22.6 Å². The summed E-state index contributed by atoms with van der Waals surface area (Å²) >= 11 is 1.76. The van der Waals surface area contributed by atoms with Gasteiger partial charge in [0.05, 0.1) is 17.6 Å². The first-order chi connectivity index (χ1) is 7.51. The summed E-state index contributed by atoms with van der Waals surface area (Å²) in [4.78, 5) is 21.2. The van der Waals surface area contributed by atoms with E-state index in [4.69, 9.17) is 5.26 Å². The highest BCUT2D eigenvalue weighted by atomic mass is 127. The lowest BCUT2D eigenvalue weighted by Gasteiger charge is -2.02. The fraction of sp³-hybridized carbons (Fsp3) is 0.111. The molecule has 1 rings (SSSR count). The van der Waals surface area contributed by atoms with Gasteiger partial charge in [0.1, 0.15) is 11.6 Å². The molecule has 0 aromatic heterocycles. The van der Waals surface area contributed by atoms with Crippen LogP contribution in [0, 0.1) is 25.0 Å². The van der Waals surface area contributed by atoms with Crippen molar-refractivity contribution in [2.45, 2.75) is 0 Å². The minimum atomic E-state index is -0.701. The Hall–Kier alpha value is -1.69. The van der Waals surface area contributed by atoms with Crippen LogP contribution in [0.3, 0.4) is 0 Å². The quantitative estimate of drug-likeness (QED) is 0.357. The van der Waals surface area contributed by atoms with Gasteiger partial charge in [0.2, 0.25) is 0 Å². The SMILES string of the molecule is COC(=O)c1cc(I)c(C#N)c([N+](=O)[O-])c1. The number of nitrogens with zero attached hydrogens (tertiary/aromatic N) is 2. The van der Waals surface area contributed by atoms with Gasteiger partial charge >= 0.3 is 5.97 Å². The molecular weight excluding hydrogens is 327 g/mol. The third kappa shape index (κ3) is 2.27. The van der Waals surface area contributed by atoms with Gasteiger partial charge in [-0.2, -0.15) is 5.26 Å². The number of nitro groups is 1. The summed E-state index contributed by atoms with van der Waals surface area (Å²) in [5.41, 5.74) is -0.398. The number of rotatable bonds is 2. The summed E-state index contributed by atoms with van der Waals surface area (Å²) in [6.07, 6.45) is 0. The lowest BCUT2D eigenvalue weighted by Crippen LogP contribution is -2.04. The minimum Gasteiger partial charge on any atom is -0.465 e. The van der Waals surface area contributed by atoms with Crippen LogP contribution in [0.4, 0.5) is 5.69 Å². The van der Waals surface area contributed by atoms with Crippen LogP contribution in [0.2, 0.25) is 0 Å². The Balaban J connectivity index is 3.47. The third-order valence-electron chi connectivity index (χ3n) is 1.80. The molecule has 1 aromatic rings. The predicted octanol–water partition coefficient (Wildman–Crippen LogP) is 1.86. The Bertz CT molecular complexity index is 507. The zero-order valence-electron chi connectivity index (χ0n) is 8.06. The molecule has 0 aliphatic rings. The molecule has 7 heteroatoms. The molecule has 0 atom stereocenters. The molecule has 0 fully saturated rings. The van der Waals surface area contributed by atoms with Crippen LogP contribution in [0.1, 0.15) is 15.9 Å². The van der Waals surface area contributed by atoms with Gasteiger partial charge in [-0.05, 0) is 28.7 Å². The normalized spacial score (nSPS) is 9.31. The largest absolute Gasteiger partial charge is 0.465 e. The fourth-order valence-corrected chi connectivity index (χ4v) is 1.81.